The van der Waals surface area contributed by atoms with Gasteiger partial charge in [0.05, 0.1) is 17.9 Å². The molecule has 7 heteroatoms. The van der Waals surface area contributed by atoms with Crippen molar-refractivity contribution in [1.82, 2.24) is 4.90 Å². The van der Waals surface area contributed by atoms with E-state index in [1.54, 1.807) is 11.3 Å². The summed E-state index contributed by atoms with van der Waals surface area (Å²) in [5.74, 6) is 0.867. The molecule has 30 heavy (non-hydrogen) atoms. The number of likely N-dealkylation sites (N-methyl/N-ethyl adjacent to an activating group) is 1. The molecular formula is C23H31N3O2S2. The van der Waals surface area contributed by atoms with E-state index in [2.05, 4.69) is 23.1 Å². The summed E-state index contributed by atoms with van der Waals surface area (Å²) in [6, 6.07) is 10.6. The molecule has 0 bridgehead atoms. The Morgan fingerprint density at radius 1 is 1.30 bits per heavy atom. The van der Waals surface area contributed by atoms with Crippen LogP contribution >= 0.6 is 23.1 Å². The van der Waals surface area contributed by atoms with Crippen molar-refractivity contribution in [1.29, 1.82) is 5.41 Å². The SMILES string of the molecule is CN(CCN1CCSc2cc(CC(=N)c3cccs3)ccc21)CC(=O)OC(C)(C)C. The summed E-state index contributed by atoms with van der Waals surface area (Å²) in [5, 5.41) is 10.4. The Morgan fingerprint density at radius 2 is 2.10 bits per heavy atom. The molecule has 5 nitrogen and oxygen atoms in total. The standard InChI is InChI=1S/C23H31N3O2S2/c1-23(2,3)28-22(27)16-25(4)9-10-26-11-13-30-21-15-17(7-8-19(21)26)14-18(24)20-6-5-12-29-20/h5-8,12,15,24H,9-11,13-14,16H2,1-4H3. The second-order valence-electron chi connectivity index (χ2n) is 8.59. The third kappa shape index (κ3) is 6.59. The molecule has 0 radical (unpaired) electrons. The van der Waals surface area contributed by atoms with Gasteiger partial charge in [-0.3, -0.25) is 9.69 Å². The van der Waals surface area contributed by atoms with E-state index in [1.165, 1.54) is 16.1 Å². The van der Waals surface area contributed by atoms with Crippen molar-refractivity contribution < 1.29 is 9.53 Å². The van der Waals surface area contributed by atoms with E-state index in [1.807, 2.05) is 62.0 Å². The van der Waals surface area contributed by atoms with Gasteiger partial charge in [-0.25, -0.2) is 0 Å². The van der Waals surface area contributed by atoms with Gasteiger partial charge in [-0.15, -0.1) is 23.1 Å². The summed E-state index contributed by atoms with van der Waals surface area (Å²) in [5.41, 5.74) is 2.66. The minimum absolute atomic E-state index is 0.183. The molecule has 0 amide bonds. The number of benzene rings is 1. The Labute approximate surface area is 187 Å². The summed E-state index contributed by atoms with van der Waals surface area (Å²) in [4.78, 5) is 18.8. The molecule has 3 rings (SSSR count). The molecule has 162 valence electrons. The van der Waals surface area contributed by atoms with Crippen molar-refractivity contribution in [2.75, 3.05) is 43.9 Å². The Hall–Kier alpha value is -1.83. The number of hydrogen-bond donors (Lipinski definition) is 1. The molecule has 0 aliphatic carbocycles. The maximum absolute atomic E-state index is 12.0. The molecule has 2 aromatic rings. The fraction of sp³-hybridized carbons (Fsp3) is 0.478. The highest BCUT2D eigenvalue weighted by Crippen LogP contribution is 2.35. The number of hydrogen-bond acceptors (Lipinski definition) is 7. The van der Waals surface area contributed by atoms with Crippen LogP contribution in [0, 0.1) is 5.41 Å². The number of anilines is 1. The highest BCUT2D eigenvalue weighted by Gasteiger charge is 2.20. The lowest BCUT2D eigenvalue weighted by atomic mass is 10.1. The monoisotopic (exact) mass is 445 g/mol. The fourth-order valence-corrected chi connectivity index (χ4v) is 5.16. The van der Waals surface area contributed by atoms with Crippen molar-refractivity contribution in [3.63, 3.8) is 0 Å². The number of fused-ring (bicyclic) bond motifs is 1. The highest BCUT2D eigenvalue weighted by atomic mass is 32.2. The van der Waals surface area contributed by atoms with E-state index >= 15 is 0 Å². The molecule has 1 aromatic carbocycles. The molecular weight excluding hydrogens is 414 g/mol. The Kier molecular flexibility index (Phi) is 7.60. The van der Waals surface area contributed by atoms with Crippen LogP contribution in [0.4, 0.5) is 5.69 Å². The molecule has 0 fully saturated rings. The van der Waals surface area contributed by atoms with E-state index < -0.39 is 5.60 Å². The van der Waals surface area contributed by atoms with Crippen LogP contribution in [0.5, 0.6) is 0 Å². The first-order chi connectivity index (χ1) is 14.2. The number of rotatable bonds is 8. The van der Waals surface area contributed by atoms with Crippen molar-refractivity contribution in [2.45, 2.75) is 37.7 Å². The first-order valence-corrected chi connectivity index (χ1v) is 12.1. The average molecular weight is 446 g/mol. The van der Waals surface area contributed by atoms with E-state index in [9.17, 15) is 4.79 Å². The van der Waals surface area contributed by atoms with Crippen LogP contribution in [0.2, 0.25) is 0 Å². The largest absolute Gasteiger partial charge is 0.459 e. The zero-order chi connectivity index (χ0) is 21.7. The van der Waals surface area contributed by atoms with Crippen molar-refractivity contribution in [3.8, 4) is 0 Å². The third-order valence-electron chi connectivity index (χ3n) is 4.75. The van der Waals surface area contributed by atoms with Crippen LogP contribution in [-0.4, -0.2) is 61.2 Å². The summed E-state index contributed by atoms with van der Waals surface area (Å²) in [6.07, 6.45) is 0.660. The van der Waals surface area contributed by atoms with E-state index in [0.29, 0.717) is 18.7 Å². The quantitative estimate of drug-likeness (QED) is 0.477. The summed E-state index contributed by atoms with van der Waals surface area (Å²) < 4.78 is 5.41. The number of ether oxygens (including phenoxy) is 1. The topological polar surface area (TPSA) is 56.6 Å². The van der Waals surface area contributed by atoms with Gasteiger partial charge < -0.3 is 15.0 Å². The number of thiophene rings is 1. The third-order valence-corrected chi connectivity index (χ3v) is 6.71. The lowest BCUT2D eigenvalue weighted by molar-refractivity contribution is -0.155. The summed E-state index contributed by atoms with van der Waals surface area (Å²) in [6.45, 7) is 8.65. The van der Waals surface area contributed by atoms with Gasteiger partial charge in [0, 0.05) is 41.6 Å². The molecule has 0 unspecified atom stereocenters. The first-order valence-electron chi connectivity index (χ1n) is 10.2. The smallest absolute Gasteiger partial charge is 0.320 e. The van der Waals surface area contributed by atoms with Gasteiger partial charge in [0.2, 0.25) is 0 Å². The van der Waals surface area contributed by atoms with Gasteiger partial charge >= 0.3 is 5.97 Å². The molecule has 0 atom stereocenters. The number of carbonyl (C=O) groups excluding carboxylic acids is 1. The summed E-state index contributed by atoms with van der Waals surface area (Å²) >= 11 is 3.51. The highest BCUT2D eigenvalue weighted by molar-refractivity contribution is 7.99. The minimum atomic E-state index is -0.446. The molecule has 1 N–H and O–H groups in total. The van der Waals surface area contributed by atoms with Crippen LogP contribution in [0.1, 0.15) is 31.2 Å². The summed E-state index contributed by atoms with van der Waals surface area (Å²) in [7, 11) is 1.96. The zero-order valence-corrected chi connectivity index (χ0v) is 19.9. The number of esters is 1. The second-order valence-corrected chi connectivity index (χ2v) is 10.7. The Morgan fingerprint density at radius 3 is 2.80 bits per heavy atom. The molecule has 0 spiro atoms. The number of nitrogens with one attached hydrogen (secondary N) is 1. The predicted molar refractivity (Wildman–Crippen MR) is 128 cm³/mol. The van der Waals surface area contributed by atoms with Gasteiger partial charge in [-0.05, 0) is 57.0 Å². The number of carbonyl (C=O) groups is 1. The van der Waals surface area contributed by atoms with Crippen molar-refractivity contribution in [3.05, 3.63) is 46.2 Å². The molecule has 0 saturated carbocycles. The van der Waals surface area contributed by atoms with E-state index in [0.717, 1.165) is 30.3 Å². The van der Waals surface area contributed by atoms with Gasteiger partial charge in [0.25, 0.3) is 0 Å². The van der Waals surface area contributed by atoms with Gasteiger partial charge in [-0.1, -0.05) is 12.1 Å². The fourth-order valence-electron chi connectivity index (χ4n) is 3.37. The Balaban J connectivity index is 1.56. The maximum atomic E-state index is 12.0. The average Bonchev–Trinajstić information content (AvgIpc) is 3.19. The van der Waals surface area contributed by atoms with Crippen LogP contribution < -0.4 is 4.90 Å². The normalized spacial score (nSPS) is 14.0. The van der Waals surface area contributed by atoms with E-state index in [-0.39, 0.29) is 5.97 Å². The first kappa shape index (κ1) is 22.8. The lowest BCUT2D eigenvalue weighted by Gasteiger charge is -2.32. The molecule has 1 aliphatic heterocycles. The second kappa shape index (κ2) is 9.98. The van der Waals surface area contributed by atoms with Crippen LogP contribution in [-0.2, 0) is 16.0 Å². The van der Waals surface area contributed by atoms with Crippen LogP contribution in [0.15, 0.2) is 40.6 Å². The maximum Gasteiger partial charge on any atom is 0.320 e. The lowest BCUT2D eigenvalue weighted by Crippen LogP contribution is -2.39. The van der Waals surface area contributed by atoms with Crippen molar-refractivity contribution >= 4 is 40.5 Å². The minimum Gasteiger partial charge on any atom is -0.459 e. The number of thioether (sulfide) groups is 1. The van der Waals surface area contributed by atoms with Crippen molar-refractivity contribution in [2.24, 2.45) is 0 Å². The van der Waals surface area contributed by atoms with Crippen LogP contribution in [0.25, 0.3) is 0 Å². The van der Waals surface area contributed by atoms with Gasteiger partial charge in [0.15, 0.2) is 0 Å². The van der Waals surface area contributed by atoms with Gasteiger partial charge in [0.1, 0.15) is 5.60 Å². The predicted octanol–water partition coefficient (Wildman–Crippen LogP) is 4.54. The van der Waals surface area contributed by atoms with Crippen LogP contribution in [0.3, 0.4) is 0 Å². The molecule has 1 aliphatic rings. The van der Waals surface area contributed by atoms with E-state index in [4.69, 9.17) is 10.1 Å². The number of nitrogens with zero attached hydrogens (tertiary/aromatic N) is 2. The molecule has 0 saturated heterocycles. The zero-order valence-electron chi connectivity index (χ0n) is 18.2. The molecule has 1 aromatic heterocycles. The Bertz CT molecular complexity index is 875. The molecule has 2 heterocycles. The van der Waals surface area contributed by atoms with Gasteiger partial charge in [-0.2, -0.15) is 0 Å².